The third-order valence-electron chi connectivity index (χ3n) is 3.04. The molecule has 2 aromatic carbocycles. The fraction of sp³-hybridized carbons (Fsp3) is 0.250. The van der Waals surface area contributed by atoms with Gasteiger partial charge in [-0.2, -0.15) is 0 Å². The minimum atomic E-state index is -0.319. The van der Waals surface area contributed by atoms with Gasteiger partial charge in [-0.25, -0.2) is 4.39 Å². The fourth-order valence-electron chi connectivity index (χ4n) is 1.82. The van der Waals surface area contributed by atoms with Gasteiger partial charge in [-0.15, -0.1) is 0 Å². The first-order valence-corrected chi connectivity index (χ1v) is 6.31. The molecule has 0 unspecified atom stereocenters. The van der Waals surface area contributed by atoms with Gasteiger partial charge in [0.25, 0.3) is 0 Å². The Hall–Kier alpha value is -2.03. The summed E-state index contributed by atoms with van der Waals surface area (Å²) in [5, 5.41) is 0. The second kappa shape index (κ2) is 5.31. The summed E-state index contributed by atoms with van der Waals surface area (Å²) in [6.07, 6.45) is 0. The zero-order valence-electron chi connectivity index (χ0n) is 11.4. The van der Waals surface area contributed by atoms with Crippen molar-refractivity contribution in [3.05, 3.63) is 53.3 Å². The first kappa shape index (κ1) is 13.4. The average Bonchev–Trinajstić information content (AvgIpc) is 2.36. The van der Waals surface area contributed by atoms with Crippen molar-refractivity contribution in [3.63, 3.8) is 0 Å². The molecule has 2 aromatic rings. The molecule has 0 atom stereocenters. The highest BCUT2D eigenvalue weighted by molar-refractivity contribution is 5.56. The molecule has 0 aromatic heterocycles. The molecule has 0 aliphatic heterocycles. The Morgan fingerprint density at radius 1 is 1.16 bits per heavy atom. The molecule has 0 heterocycles. The van der Waals surface area contributed by atoms with Crippen molar-refractivity contribution in [2.24, 2.45) is 0 Å². The molecule has 0 aliphatic rings. The summed E-state index contributed by atoms with van der Waals surface area (Å²) >= 11 is 0. The standard InChI is InChI=1S/C16H18FNO/c1-10(2)12-5-4-6-13(8-12)19-16-7-11(3)14(17)9-15(16)18/h4-10H,18H2,1-3H3. The first-order valence-electron chi connectivity index (χ1n) is 6.31. The van der Waals surface area contributed by atoms with Gasteiger partial charge in [0.2, 0.25) is 0 Å². The number of hydrogen-bond acceptors (Lipinski definition) is 2. The molecular formula is C16H18FNO. The summed E-state index contributed by atoms with van der Waals surface area (Å²) in [5.41, 5.74) is 7.78. The number of ether oxygens (including phenoxy) is 1. The van der Waals surface area contributed by atoms with Crippen LogP contribution in [0.25, 0.3) is 0 Å². The van der Waals surface area contributed by atoms with Gasteiger partial charge in [-0.3, -0.25) is 0 Å². The van der Waals surface area contributed by atoms with Crippen LogP contribution in [0.4, 0.5) is 10.1 Å². The number of nitrogen functional groups attached to an aromatic ring is 1. The lowest BCUT2D eigenvalue weighted by atomic mass is 10.0. The van der Waals surface area contributed by atoms with E-state index < -0.39 is 0 Å². The van der Waals surface area contributed by atoms with Crippen LogP contribution in [0.5, 0.6) is 11.5 Å². The number of nitrogens with two attached hydrogens (primary N) is 1. The molecule has 0 radical (unpaired) electrons. The minimum Gasteiger partial charge on any atom is -0.455 e. The third-order valence-corrected chi connectivity index (χ3v) is 3.04. The van der Waals surface area contributed by atoms with Gasteiger partial charge in [-0.05, 0) is 42.2 Å². The highest BCUT2D eigenvalue weighted by atomic mass is 19.1. The van der Waals surface area contributed by atoms with Gasteiger partial charge in [0, 0.05) is 6.07 Å². The molecule has 3 heteroatoms. The Morgan fingerprint density at radius 2 is 1.89 bits per heavy atom. The van der Waals surface area contributed by atoms with Gasteiger partial charge in [0.15, 0.2) is 5.75 Å². The predicted molar refractivity (Wildman–Crippen MR) is 76.2 cm³/mol. The molecule has 0 spiro atoms. The molecule has 0 saturated heterocycles. The third kappa shape index (κ3) is 3.05. The Kier molecular flexibility index (Phi) is 3.74. The van der Waals surface area contributed by atoms with E-state index in [0.717, 1.165) is 0 Å². The Bertz CT molecular complexity index is 593. The SMILES string of the molecule is Cc1cc(Oc2cccc(C(C)C)c2)c(N)cc1F. The molecule has 2 N–H and O–H groups in total. The Morgan fingerprint density at radius 3 is 2.58 bits per heavy atom. The van der Waals surface area contributed by atoms with Crippen LogP contribution < -0.4 is 10.5 Å². The summed E-state index contributed by atoms with van der Waals surface area (Å²) in [5.74, 6) is 1.31. The van der Waals surface area contributed by atoms with Gasteiger partial charge in [0.05, 0.1) is 5.69 Å². The van der Waals surface area contributed by atoms with Crippen LogP contribution in [0.1, 0.15) is 30.9 Å². The normalized spacial score (nSPS) is 10.8. The van der Waals surface area contributed by atoms with Gasteiger partial charge in [0.1, 0.15) is 11.6 Å². The zero-order chi connectivity index (χ0) is 14.0. The number of rotatable bonds is 3. The lowest BCUT2D eigenvalue weighted by Gasteiger charge is -2.12. The molecule has 19 heavy (non-hydrogen) atoms. The maximum absolute atomic E-state index is 13.3. The van der Waals surface area contributed by atoms with Crippen molar-refractivity contribution >= 4 is 5.69 Å². The number of benzene rings is 2. The van der Waals surface area contributed by atoms with E-state index in [1.807, 2.05) is 18.2 Å². The largest absolute Gasteiger partial charge is 0.455 e. The molecule has 2 nitrogen and oxygen atoms in total. The highest BCUT2D eigenvalue weighted by Crippen LogP contribution is 2.31. The zero-order valence-corrected chi connectivity index (χ0v) is 11.4. The number of halogens is 1. The lowest BCUT2D eigenvalue weighted by Crippen LogP contribution is -1.96. The van der Waals surface area contributed by atoms with Gasteiger partial charge >= 0.3 is 0 Å². The number of hydrogen-bond donors (Lipinski definition) is 1. The quantitative estimate of drug-likeness (QED) is 0.815. The molecule has 0 bridgehead atoms. The van der Waals surface area contributed by atoms with E-state index in [4.69, 9.17) is 10.5 Å². The molecule has 0 aliphatic carbocycles. The second-order valence-electron chi connectivity index (χ2n) is 4.97. The van der Waals surface area contributed by atoms with Crippen LogP contribution >= 0.6 is 0 Å². The van der Waals surface area contributed by atoms with E-state index in [0.29, 0.717) is 28.7 Å². The van der Waals surface area contributed by atoms with Gasteiger partial charge in [-0.1, -0.05) is 26.0 Å². The highest BCUT2D eigenvalue weighted by Gasteiger charge is 2.08. The van der Waals surface area contributed by atoms with E-state index in [1.165, 1.54) is 11.6 Å². The maximum atomic E-state index is 13.3. The molecule has 0 saturated carbocycles. The van der Waals surface area contributed by atoms with Crippen LogP contribution in [0.3, 0.4) is 0 Å². The van der Waals surface area contributed by atoms with Crippen LogP contribution in [0, 0.1) is 12.7 Å². The predicted octanol–water partition coefficient (Wildman–Crippen LogP) is 4.63. The van der Waals surface area contributed by atoms with Crippen molar-refractivity contribution in [2.45, 2.75) is 26.7 Å². The van der Waals surface area contributed by atoms with Crippen molar-refractivity contribution in [2.75, 3.05) is 5.73 Å². The summed E-state index contributed by atoms with van der Waals surface area (Å²) in [6, 6.07) is 10.7. The molecule has 0 amide bonds. The van der Waals surface area contributed by atoms with E-state index >= 15 is 0 Å². The van der Waals surface area contributed by atoms with Crippen LogP contribution in [-0.2, 0) is 0 Å². The minimum absolute atomic E-state index is 0.304. The maximum Gasteiger partial charge on any atom is 0.150 e. The van der Waals surface area contributed by atoms with Crippen LogP contribution in [-0.4, -0.2) is 0 Å². The van der Waals surface area contributed by atoms with E-state index in [2.05, 4.69) is 19.9 Å². The Balaban J connectivity index is 2.31. The number of aryl methyl sites for hydroxylation is 1. The van der Waals surface area contributed by atoms with Crippen molar-refractivity contribution < 1.29 is 9.13 Å². The van der Waals surface area contributed by atoms with Crippen molar-refractivity contribution in [1.29, 1.82) is 0 Å². The summed E-state index contributed by atoms with van der Waals surface area (Å²) in [4.78, 5) is 0. The summed E-state index contributed by atoms with van der Waals surface area (Å²) in [7, 11) is 0. The molecule has 100 valence electrons. The fourth-order valence-corrected chi connectivity index (χ4v) is 1.82. The average molecular weight is 259 g/mol. The van der Waals surface area contributed by atoms with E-state index in [9.17, 15) is 4.39 Å². The number of anilines is 1. The van der Waals surface area contributed by atoms with Crippen molar-refractivity contribution in [1.82, 2.24) is 0 Å². The molecular weight excluding hydrogens is 241 g/mol. The van der Waals surface area contributed by atoms with E-state index in [-0.39, 0.29) is 5.82 Å². The first-order chi connectivity index (χ1) is 8.97. The van der Waals surface area contributed by atoms with Crippen molar-refractivity contribution in [3.8, 4) is 11.5 Å². The monoisotopic (exact) mass is 259 g/mol. The lowest BCUT2D eigenvalue weighted by molar-refractivity contribution is 0.481. The summed E-state index contributed by atoms with van der Waals surface area (Å²) in [6.45, 7) is 5.93. The van der Waals surface area contributed by atoms with Gasteiger partial charge < -0.3 is 10.5 Å². The smallest absolute Gasteiger partial charge is 0.150 e. The Labute approximate surface area is 113 Å². The molecule has 2 rings (SSSR count). The van der Waals surface area contributed by atoms with Crippen LogP contribution in [0.15, 0.2) is 36.4 Å². The van der Waals surface area contributed by atoms with Crippen LogP contribution in [0.2, 0.25) is 0 Å². The molecule has 0 fully saturated rings. The second-order valence-corrected chi connectivity index (χ2v) is 4.97. The van der Waals surface area contributed by atoms with E-state index in [1.54, 1.807) is 13.0 Å². The topological polar surface area (TPSA) is 35.2 Å². The summed E-state index contributed by atoms with van der Waals surface area (Å²) < 4.78 is 19.1.